The number of halogens is 2. The zero-order valence-electron chi connectivity index (χ0n) is 12.8. The number of hydrogen-bond donors (Lipinski definition) is 0. The quantitative estimate of drug-likeness (QED) is 0.797. The minimum Gasteiger partial charge on any atom is -0.452 e. The number of fused-ring (bicyclic) bond motifs is 1. The Morgan fingerprint density at radius 3 is 2.83 bits per heavy atom. The SMILES string of the molecule is O=C(OCC(=O)N1CCCc2ccccc21)c1cc(F)ccc1Cl. The van der Waals surface area contributed by atoms with Gasteiger partial charge in [-0.05, 0) is 42.7 Å². The molecule has 2 aromatic rings. The molecule has 3 rings (SSSR count). The molecule has 0 atom stereocenters. The summed E-state index contributed by atoms with van der Waals surface area (Å²) in [6.07, 6.45) is 1.77. The van der Waals surface area contributed by atoms with E-state index in [0.29, 0.717) is 6.54 Å². The average molecular weight is 348 g/mol. The molecule has 24 heavy (non-hydrogen) atoms. The zero-order valence-corrected chi connectivity index (χ0v) is 13.6. The van der Waals surface area contributed by atoms with Crippen molar-refractivity contribution in [1.82, 2.24) is 0 Å². The van der Waals surface area contributed by atoms with Gasteiger partial charge in [0, 0.05) is 12.2 Å². The molecule has 0 radical (unpaired) electrons. The fourth-order valence-electron chi connectivity index (χ4n) is 2.73. The molecule has 0 aromatic heterocycles. The van der Waals surface area contributed by atoms with E-state index in [1.807, 2.05) is 24.3 Å². The number of rotatable bonds is 3. The molecular weight excluding hydrogens is 333 g/mol. The van der Waals surface area contributed by atoms with Gasteiger partial charge in [0.1, 0.15) is 5.82 Å². The Labute approximate surface area is 143 Å². The summed E-state index contributed by atoms with van der Waals surface area (Å²) in [5.74, 6) is -1.73. The molecule has 0 bridgehead atoms. The lowest BCUT2D eigenvalue weighted by molar-refractivity contribution is -0.121. The Balaban J connectivity index is 1.68. The minimum absolute atomic E-state index is 0.0807. The van der Waals surface area contributed by atoms with Gasteiger partial charge in [0.25, 0.3) is 5.91 Å². The number of benzene rings is 2. The number of hydrogen-bond acceptors (Lipinski definition) is 3. The van der Waals surface area contributed by atoms with Crippen LogP contribution in [0.4, 0.5) is 10.1 Å². The van der Waals surface area contributed by atoms with Gasteiger partial charge in [0.2, 0.25) is 0 Å². The van der Waals surface area contributed by atoms with Gasteiger partial charge in [0.05, 0.1) is 10.6 Å². The topological polar surface area (TPSA) is 46.6 Å². The van der Waals surface area contributed by atoms with Crippen LogP contribution in [0.3, 0.4) is 0 Å². The third-order valence-electron chi connectivity index (χ3n) is 3.89. The molecule has 0 N–H and O–H groups in total. The maximum atomic E-state index is 13.2. The van der Waals surface area contributed by atoms with Crippen LogP contribution in [0.5, 0.6) is 0 Å². The molecule has 1 amide bonds. The van der Waals surface area contributed by atoms with Crippen molar-refractivity contribution in [3.05, 3.63) is 64.4 Å². The molecule has 1 heterocycles. The highest BCUT2D eigenvalue weighted by Gasteiger charge is 2.23. The molecule has 0 aliphatic carbocycles. The number of amides is 1. The lowest BCUT2D eigenvalue weighted by atomic mass is 10.0. The Morgan fingerprint density at radius 1 is 1.21 bits per heavy atom. The molecular formula is C18H15ClFNO3. The van der Waals surface area contributed by atoms with Crippen LogP contribution in [0.2, 0.25) is 5.02 Å². The largest absolute Gasteiger partial charge is 0.452 e. The van der Waals surface area contributed by atoms with Crippen molar-refractivity contribution >= 4 is 29.2 Å². The molecule has 1 aliphatic rings. The van der Waals surface area contributed by atoms with E-state index >= 15 is 0 Å². The summed E-state index contributed by atoms with van der Waals surface area (Å²) in [6, 6.07) is 11.1. The normalized spacial score (nSPS) is 13.3. The van der Waals surface area contributed by atoms with E-state index in [0.717, 1.165) is 36.2 Å². The lowest BCUT2D eigenvalue weighted by Crippen LogP contribution is -2.38. The van der Waals surface area contributed by atoms with E-state index in [4.69, 9.17) is 16.3 Å². The number of ether oxygens (including phenoxy) is 1. The molecule has 4 nitrogen and oxygen atoms in total. The summed E-state index contributed by atoms with van der Waals surface area (Å²) in [5.41, 5.74) is 1.84. The van der Waals surface area contributed by atoms with Crippen molar-refractivity contribution in [1.29, 1.82) is 0 Å². The number of para-hydroxylation sites is 1. The van der Waals surface area contributed by atoms with Crippen molar-refractivity contribution in [2.75, 3.05) is 18.1 Å². The summed E-state index contributed by atoms with van der Waals surface area (Å²) in [7, 11) is 0. The highest BCUT2D eigenvalue weighted by Crippen LogP contribution is 2.26. The second-order valence-corrected chi connectivity index (χ2v) is 5.89. The Morgan fingerprint density at radius 2 is 2.00 bits per heavy atom. The van der Waals surface area contributed by atoms with Crippen LogP contribution in [0, 0.1) is 5.82 Å². The second kappa shape index (κ2) is 7.01. The van der Waals surface area contributed by atoms with Crippen molar-refractivity contribution in [3.8, 4) is 0 Å². The van der Waals surface area contributed by atoms with Crippen LogP contribution >= 0.6 is 11.6 Å². The van der Waals surface area contributed by atoms with Crippen molar-refractivity contribution < 1.29 is 18.7 Å². The molecule has 0 saturated heterocycles. The van der Waals surface area contributed by atoms with Crippen molar-refractivity contribution in [2.24, 2.45) is 0 Å². The first-order chi connectivity index (χ1) is 11.6. The van der Waals surface area contributed by atoms with E-state index in [1.165, 1.54) is 6.07 Å². The maximum absolute atomic E-state index is 13.2. The van der Waals surface area contributed by atoms with Gasteiger partial charge in [-0.2, -0.15) is 0 Å². The number of esters is 1. The predicted octanol–water partition coefficient (Wildman–Crippen LogP) is 3.62. The lowest BCUT2D eigenvalue weighted by Gasteiger charge is -2.29. The van der Waals surface area contributed by atoms with Crippen molar-refractivity contribution in [3.63, 3.8) is 0 Å². The molecule has 2 aromatic carbocycles. The first kappa shape index (κ1) is 16.5. The van der Waals surface area contributed by atoms with Crippen molar-refractivity contribution in [2.45, 2.75) is 12.8 Å². The highest BCUT2D eigenvalue weighted by atomic mass is 35.5. The molecule has 0 saturated carbocycles. The number of aryl methyl sites for hydroxylation is 1. The predicted molar refractivity (Wildman–Crippen MR) is 88.8 cm³/mol. The smallest absolute Gasteiger partial charge is 0.340 e. The van der Waals surface area contributed by atoms with Crippen LogP contribution in [0.15, 0.2) is 42.5 Å². The number of carbonyl (C=O) groups excluding carboxylic acids is 2. The molecule has 124 valence electrons. The molecule has 1 aliphatic heterocycles. The minimum atomic E-state index is -0.821. The first-order valence-electron chi connectivity index (χ1n) is 7.56. The maximum Gasteiger partial charge on any atom is 0.340 e. The van der Waals surface area contributed by atoms with Gasteiger partial charge in [-0.3, -0.25) is 4.79 Å². The van der Waals surface area contributed by atoms with Gasteiger partial charge in [-0.25, -0.2) is 9.18 Å². The van der Waals surface area contributed by atoms with Crippen LogP contribution in [0.25, 0.3) is 0 Å². The second-order valence-electron chi connectivity index (χ2n) is 5.48. The standard InChI is InChI=1S/C18H15ClFNO3/c19-15-8-7-13(20)10-14(15)18(23)24-11-17(22)21-9-3-5-12-4-1-2-6-16(12)21/h1-2,4,6-8,10H,3,5,9,11H2. The van der Waals surface area contributed by atoms with E-state index in [9.17, 15) is 14.0 Å². The number of anilines is 1. The summed E-state index contributed by atoms with van der Waals surface area (Å²) in [6.45, 7) is 0.161. The van der Waals surface area contributed by atoms with E-state index in [1.54, 1.807) is 4.90 Å². The van der Waals surface area contributed by atoms with Crippen LogP contribution < -0.4 is 4.90 Å². The third-order valence-corrected chi connectivity index (χ3v) is 4.22. The number of nitrogens with zero attached hydrogens (tertiary/aromatic N) is 1. The van der Waals surface area contributed by atoms with Gasteiger partial charge >= 0.3 is 5.97 Å². The third kappa shape index (κ3) is 3.41. The highest BCUT2D eigenvalue weighted by molar-refractivity contribution is 6.33. The Bertz CT molecular complexity index is 794. The van der Waals surface area contributed by atoms with Gasteiger partial charge in [0.15, 0.2) is 6.61 Å². The Kier molecular flexibility index (Phi) is 4.81. The summed E-state index contributed by atoms with van der Waals surface area (Å²) in [5, 5.41) is 0.0807. The van der Waals surface area contributed by atoms with E-state index in [-0.39, 0.29) is 16.5 Å². The van der Waals surface area contributed by atoms with E-state index in [2.05, 4.69) is 0 Å². The molecule has 6 heteroatoms. The number of carbonyl (C=O) groups is 2. The van der Waals surface area contributed by atoms with Crippen LogP contribution in [-0.2, 0) is 16.0 Å². The van der Waals surface area contributed by atoms with E-state index < -0.39 is 18.4 Å². The monoisotopic (exact) mass is 347 g/mol. The Hall–Kier alpha value is -2.40. The van der Waals surface area contributed by atoms with Gasteiger partial charge in [-0.15, -0.1) is 0 Å². The van der Waals surface area contributed by atoms with Crippen LogP contribution in [0.1, 0.15) is 22.3 Å². The summed E-state index contributed by atoms with van der Waals surface area (Å²) in [4.78, 5) is 26.0. The molecule has 0 unspecified atom stereocenters. The van der Waals surface area contributed by atoms with Crippen LogP contribution in [-0.4, -0.2) is 25.0 Å². The van der Waals surface area contributed by atoms with Gasteiger partial charge < -0.3 is 9.64 Å². The molecule has 0 spiro atoms. The molecule has 0 fully saturated rings. The fourth-order valence-corrected chi connectivity index (χ4v) is 2.92. The summed E-state index contributed by atoms with van der Waals surface area (Å²) < 4.78 is 18.2. The fraction of sp³-hybridized carbons (Fsp3) is 0.222. The summed E-state index contributed by atoms with van der Waals surface area (Å²) >= 11 is 5.86. The average Bonchev–Trinajstić information content (AvgIpc) is 2.61. The first-order valence-corrected chi connectivity index (χ1v) is 7.94. The zero-order chi connectivity index (χ0) is 17.1. The van der Waals surface area contributed by atoms with Gasteiger partial charge in [-0.1, -0.05) is 29.8 Å².